The van der Waals surface area contributed by atoms with Crippen molar-refractivity contribution >= 4 is 0 Å². The predicted octanol–water partition coefficient (Wildman–Crippen LogP) is 0.973. The maximum atomic E-state index is 13.4. The first-order valence-corrected chi connectivity index (χ1v) is 7.30. The number of nitrogens with zero attached hydrogens (tertiary/aromatic N) is 2. The Morgan fingerprint density at radius 2 is 2.05 bits per heavy atom. The van der Waals surface area contributed by atoms with E-state index in [1.165, 1.54) is 11.6 Å². The third kappa shape index (κ3) is 2.86. The molecule has 0 saturated carbocycles. The van der Waals surface area contributed by atoms with Crippen LogP contribution in [0.5, 0.6) is 0 Å². The molecule has 1 aromatic carbocycles. The van der Waals surface area contributed by atoms with Gasteiger partial charge in [-0.25, -0.2) is 4.39 Å². The average Bonchev–Trinajstić information content (AvgIpc) is 2.83. The Morgan fingerprint density at radius 3 is 2.80 bits per heavy atom. The Kier molecular flexibility index (Phi) is 4.31. The lowest BCUT2D eigenvalue weighted by atomic mass is 10.0. The summed E-state index contributed by atoms with van der Waals surface area (Å²) in [5.74, 6) is -0.169. The van der Waals surface area contributed by atoms with Gasteiger partial charge in [0.15, 0.2) is 0 Å². The number of nitrogens with two attached hydrogens (primary N) is 1. The van der Waals surface area contributed by atoms with Crippen LogP contribution in [0.15, 0.2) is 18.2 Å². The zero-order valence-electron chi connectivity index (χ0n) is 11.7. The molecular weight excluding hydrogens is 257 g/mol. The zero-order chi connectivity index (χ0) is 13.9. The summed E-state index contributed by atoms with van der Waals surface area (Å²) in [5, 5.41) is 0. The van der Waals surface area contributed by atoms with Gasteiger partial charge >= 0.3 is 0 Å². The summed E-state index contributed by atoms with van der Waals surface area (Å²) < 4.78 is 18.8. The average molecular weight is 279 g/mol. The van der Waals surface area contributed by atoms with E-state index in [0.29, 0.717) is 6.54 Å². The van der Waals surface area contributed by atoms with Crippen LogP contribution in [-0.4, -0.2) is 55.7 Å². The minimum absolute atomic E-state index is 0.154. The summed E-state index contributed by atoms with van der Waals surface area (Å²) in [7, 11) is 0. The number of hydrogen-bond donors (Lipinski definition) is 1. The van der Waals surface area contributed by atoms with Gasteiger partial charge in [0, 0.05) is 45.3 Å². The van der Waals surface area contributed by atoms with E-state index in [-0.39, 0.29) is 11.9 Å². The maximum Gasteiger partial charge on any atom is 0.123 e. The van der Waals surface area contributed by atoms with E-state index < -0.39 is 0 Å². The van der Waals surface area contributed by atoms with Gasteiger partial charge in [0.05, 0.1) is 13.2 Å². The van der Waals surface area contributed by atoms with E-state index >= 15 is 0 Å². The van der Waals surface area contributed by atoms with Crippen molar-refractivity contribution in [1.82, 2.24) is 9.80 Å². The van der Waals surface area contributed by atoms with Gasteiger partial charge in [-0.05, 0) is 23.3 Å². The molecule has 2 aliphatic rings. The van der Waals surface area contributed by atoms with Crippen LogP contribution in [0.3, 0.4) is 0 Å². The molecule has 4 nitrogen and oxygen atoms in total. The number of ether oxygens (including phenoxy) is 1. The van der Waals surface area contributed by atoms with Crippen molar-refractivity contribution in [3.05, 3.63) is 35.1 Å². The number of hydrogen-bond acceptors (Lipinski definition) is 4. The lowest BCUT2D eigenvalue weighted by Crippen LogP contribution is -2.41. The second-order valence-corrected chi connectivity index (χ2v) is 5.52. The summed E-state index contributed by atoms with van der Waals surface area (Å²) in [6, 6.07) is 5.23. The van der Waals surface area contributed by atoms with Gasteiger partial charge in [0.2, 0.25) is 0 Å². The van der Waals surface area contributed by atoms with Crippen molar-refractivity contribution in [3.63, 3.8) is 0 Å². The third-order valence-electron chi connectivity index (χ3n) is 4.31. The van der Waals surface area contributed by atoms with E-state index in [0.717, 1.165) is 51.5 Å². The quantitative estimate of drug-likeness (QED) is 0.892. The van der Waals surface area contributed by atoms with Crippen molar-refractivity contribution in [2.24, 2.45) is 5.73 Å². The molecule has 0 amide bonds. The first-order chi connectivity index (χ1) is 9.78. The van der Waals surface area contributed by atoms with Gasteiger partial charge in [-0.3, -0.25) is 9.80 Å². The minimum atomic E-state index is -0.169. The standard InChI is InChI=1S/C15H22FN3O/c16-13-2-1-12-11-19(15(10-17)14(12)9-13)4-3-18-5-7-20-8-6-18/h1-2,9,15H,3-8,10-11,17H2. The largest absolute Gasteiger partial charge is 0.379 e. The van der Waals surface area contributed by atoms with Crippen LogP contribution in [0.25, 0.3) is 0 Å². The Balaban J connectivity index is 1.63. The van der Waals surface area contributed by atoms with E-state index in [1.54, 1.807) is 6.07 Å². The monoisotopic (exact) mass is 279 g/mol. The Hall–Kier alpha value is -1.01. The summed E-state index contributed by atoms with van der Waals surface area (Å²) in [6.07, 6.45) is 0. The molecular formula is C15H22FN3O. The third-order valence-corrected chi connectivity index (χ3v) is 4.31. The summed E-state index contributed by atoms with van der Waals surface area (Å²) >= 11 is 0. The topological polar surface area (TPSA) is 41.7 Å². The predicted molar refractivity (Wildman–Crippen MR) is 75.9 cm³/mol. The van der Waals surface area contributed by atoms with Crippen LogP contribution < -0.4 is 5.73 Å². The maximum absolute atomic E-state index is 13.4. The second-order valence-electron chi connectivity index (χ2n) is 5.52. The fourth-order valence-corrected chi connectivity index (χ4v) is 3.15. The van der Waals surface area contributed by atoms with Crippen molar-refractivity contribution < 1.29 is 9.13 Å². The molecule has 1 unspecified atom stereocenters. The van der Waals surface area contributed by atoms with Crippen molar-refractivity contribution in [2.75, 3.05) is 45.9 Å². The molecule has 2 aliphatic heterocycles. The molecule has 2 N–H and O–H groups in total. The molecule has 0 aliphatic carbocycles. The second kappa shape index (κ2) is 6.18. The lowest BCUT2D eigenvalue weighted by molar-refractivity contribution is 0.0314. The molecule has 1 saturated heterocycles. The summed E-state index contributed by atoms with van der Waals surface area (Å²) in [6.45, 7) is 7.07. The molecule has 5 heteroatoms. The van der Waals surface area contributed by atoms with E-state index in [9.17, 15) is 4.39 Å². The first kappa shape index (κ1) is 13.9. The van der Waals surface area contributed by atoms with Gasteiger partial charge in [-0.2, -0.15) is 0 Å². The molecule has 110 valence electrons. The van der Waals surface area contributed by atoms with E-state index in [2.05, 4.69) is 9.80 Å². The zero-order valence-corrected chi connectivity index (χ0v) is 11.7. The van der Waals surface area contributed by atoms with Crippen molar-refractivity contribution in [1.29, 1.82) is 0 Å². The fourth-order valence-electron chi connectivity index (χ4n) is 3.15. The molecule has 0 spiro atoms. The number of halogens is 1. The molecule has 0 radical (unpaired) electrons. The molecule has 1 atom stereocenters. The van der Waals surface area contributed by atoms with Gasteiger partial charge in [-0.1, -0.05) is 6.07 Å². The summed E-state index contributed by atoms with van der Waals surface area (Å²) in [4.78, 5) is 4.78. The van der Waals surface area contributed by atoms with Crippen LogP contribution in [0, 0.1) is 5.82 Å². The van der Waals surface area contributed by atoms with Crippen LogP contribution in [0.2, 0.25) is 0 Å². The van der Waals surface area contributed by atoms with Crippen molar-refractivity contribution in [3.8, 4) is 0 Å². The van der Waals surface area contributed by atoms with Gasteiger partial charge in [0.25, 0.3) is 0 Å². The molecule has 3 rings (SSSR count). The van der Waals surface area contributed by atoms with Gasteiger partial charge in [0.1, 0.15) is 5.82 Å². The Bertz CT molecular complexity index is 462. The smallest absolute Gasteiger partial charge is 0.123 e. The number of fused-ring (bicyclic) bond motifs is 1. The number of benzene rings is 1. The molecule has 1 aromatic rings. The summed E-state index contributed by atoms with van der Waals surface area (Å²) in [5.41, 5.74) is 8.18. The highest BCUT2D eigenvalue weighted by atomic mass is 19.1. The Morgan fingerprint density at radius 1 is 1.25 bits per heavy atom. The fraction of sp³-hybridized carbons (Fsp3) is 0.600. The molecule has 1 fully saturated rings. The van der Waals surface area contributed by atoms with Crippen LogP contribution in [0.4, 0.5) is 4.39 Å². The number of morpholine rings is 1. The highest BCUT2D eigenvalue weighted by Gasteiger charge is 2.29. The van der Waals surface area contributed by atoms with Gasteiger partial charge in [-0.15, -0.1) is 0 Å². The normalized spacial score (nSPS) is 24.0. The molecule has 2 heterocycles. The molecule has 0 aromatic heterocycles. The SMILES string of the molecule is NCC1c2cc(F)ccc2CN1CCN1CCOCC1. The highest BCUT2D eigenvalue weighted by Crippen LogP contribution is 2.33. The Labute approximate surface area is 119 Å². The molecule has 0 bridgehead atoms. The highest BCUT2D eigenvalue weighted by molar-refractivity contribution is 5.34. The van der Waals surface area contributed by atoms with E-state index in [1.807, 2.05) is 6.07 Å². The molecule has 20 heavy (non-hydrogen) atoms. The van der Waals surface area contributed by atoms with Gasteiger partial charge < -0.3 is 10.5 Å². The van der Waals surface area contributed by atoms with Crippen LogP contribution >= 0.6 is 0 Å². The first-order valence-electron chi connectivity index (χ1n) is 7.30. The van der Waals surface area contributed by atoms with Crippen LogP contribution in [-0.2, 0) is 11.3 Å². The number of rotatable bonds is 4. The van der Waals surface area contributed by atoms with E-state index in [4.69, 9.17) is 10.5 Å². The minimum Gasteiger partial charge on any atom is -0.379 e. The van der Waals surface area contributed by atoms with Crippen LogP contribution in [0.1, 0.15) is 17.2 Å². The van der Waals surface area contributed by atoms with Crippen molar-refractivity contribution in [2.45, 2.75) is 12.6 Å². The lowest BCUT2D eigenvalue weighted by Gasteiger charge is -2.30.